The Morgan fingerprint density at radius 3 is 2.25 bits per heavy atom. The summed E-state index contributed by atoms with van der Waals surface area (Å²) >= 11 is -4.94. The Morgan fingerprint density at radius 1 is 1.17 bits per heavy atom. The molecule has 2 N–H and O–H groups in total. The first-order chi connectivity index (χ1) is 5.58. The van der Waals surface area contributed by atoms with Gasteiger partial charge in [0.05, 0.1) is 0 Å². The van der Waals surface area contributed by atoms with Crippen LogP contribution in [0.15, 0.2) is 39.5 Å². The molecule has 6 heteroatoms. The quantitative estimate of drug-likeness (QED) is 0.577. The van der Waals surface area contributed by atoms with Gasteiger partial charge in [-0.3, -0.25) is 0 Å². The summed E-state index contributed by atoms with van der Waals surface area (Å²) in [5.74, 6) is 0. The maximum atomic E-state index is 10.3. The van der Waals surface area contributed by atoms with Crippen molar-refractivity contribution in [2.45, 2.75) is 0 Å². The van der Waals surface area contributed by atoms with E-state index >= 15 is 0 Å². The normalized spacial score (nSPS) is 12.2. The molecule has 0 atom stereocenters. The van der Waals surface area contributed by atoms with Gasteiger partial charge >= 0.3 is 71.5 Å². The average Bonchev–Trinajstić information content (AvgIpc) is 2.02. The van der Waals surface area contributed by atoms with Gasteiger partial charge in [-0.25, -0.2) is 0 Å². The molecule has 0 aromatic heterocycles. The van der Waals surface area contributed by atoms with Gasteiger partial charge in [-0.1, -0.05) is 0 Å². The zero-order valence-electron chi connectivity index (χ0n) is 6.03. The number of benzene rings is 1. The number of hydrogen-bond donors (Lipinski definition) is 2. The van der Waals surface area contributed by atoms with Crippen molar-refractivity contribution in [3.05, 3.63) is 30.3 Å². The van der Waals surface area contributed by atoms with E-state index in [1.54, 1.807) is 30.3 Å². The van der Waals surface area contributed by atoms with Crippen molar-refractivity contribution in [3.8, 4) is 0 Å². The molecule has 0 bridgehead atoms. The molecule has 0 fully saturated rings. The first-order valence-electron chi connectivity index (χ1n) is 3.12. The van der Waals surface area contributed by atoms with Crippen molar-refractivity contribution < 1.29 is 11.9 Å². The molecule has 0 spiro atoms. The van der Waals surface area contributed by atoms with Crippen molar-refractivity contribution in [2.75, 3.05) is 0 Å². The van der Waals surface area contributed by atoms with Gasteiger partial charge in [0, 0.05) is 0 Å². The molecule has 12 heavy (non-hydrogen) atoms. The van der Waals surface area contributed by atoms with Gasteiger partial charge < -0.3 is 0 Å². The summed E-state index contributed by atoms with van der Waals surface area (Å²) in [5.41, 5.74) is 0.433. The van der Waals surface area contributed by atoms with Crippen LogP contribution >= 0.6 is 0 Å². The van der Waals surface area contributed by atoms with Crippen molar-refractivity contribution in [2.24, 2.45) is 9.15 Å². The molecular formula is C6H7AsN2O3. The average molecular weight is 230 g/mol. The number of nitrogens with zero attached hydrogens (tertiary/aromatic N) is 2. The van der Waals surface area contributed by atoms with Crippen LogP contribution in [0.25, 0.3) is 0 Å². The van der Waals surface area contributed by atoms with E-state index in [1.165, 1.54) is 0 Å². The SMILES string of the molecule is O=[As](O)(O)N=Nc1ccccc1. The van der Waals surface area contributed by atoms with Gasteiger partial charge in [0.1, 0.15) is 0 Å². The fourth-order valence-electron chi connectivity index (χ4n) is 0.605. The molecule has 1 aromatic rings. The molecule has 0 heterocycles. The summed E-state index contributed by atoms with van der Waals surface area (Å²) < 4.78 is 30.0. The number of hydrogen-bond acceptors (Lipinski definition) is 2. The molecule has 0 aliphatic rings. The Labute approximate surface area is 72.0 Å². The Balaban J connectivity index is 2.78. The van der Waals surface area contributed by atoms with Gasteiger partial charge in [-0.15, -0.1) is 0 Å². The van der Waals surface area contributed by atoms with Crippen LogP contribution < -0.4 is 0 Å². The van der Waals surface area contributed by atoms with Crippen molar-refractivity contribution in [1.82, 2.24) is 0 Å². The molecule has 0 radical (unpaired) electrons. The summed E-state index contributed by atoms with van der Waals surface area (Å²) in [7, 11) is 0. The minimum absolute atomic E-state index is 0.433. The maximum absolute atomic E-state index is 10.3. The van der Waals surface area contributed by atoms with Crippen molar-refractivity contribution >= 4 is 20.1 Å². The van der Waals surface area contributed by atoms with Crippen LogP contribution in [-0.2, 0) is 3.74 Å². The van der Waals surface area contributed by atoms with Crippen LogP contribution in [-0.4, -0.2) is 22.6 Å². The third-order valence-corrected chi connectivity index (χ3v) is 1.71. The first-order valence-corrected chi connectivity index (χ1v) is 6.40. The van der Waals surface area contributed by atoms with Gasteiger partial charge in [0.25, 0.3) is 0 Å². The standard InChI is InChI=1S/C6H7AsN2O3/c10-7(11,12)9-8-6-4-2-1-3-5-6/h1-5H,(H2,10,11,12). The van der Waals surface area contributed by atoms with E-state index in [2.05, 4.69) is 9.15 Å². The van der Waals surface area contributed by atoms with Crippen molar-refractivity contribution in [3.63, 3.8) is 0 Å². The van der Waals surface area contributed by atoms with Crippen LogP contribution in [0.2, 0.25) is 0 Å². The van der Waals surface area contributed by atoms with Crippen LogP contribution in [0, 0.1) is 0 Å². The molecule has 0 aliphatic carbocycles. The minimum atomic E-state index is -4.94. The molecule has 1 aromatic carbocycles. The second kappa shape index (κ2) is 3.67. The Morgan fingerprint density at radius 2 is 1.75 bits per heavy atom. The van der Waals surface area contributed by atoms with E-state index in [-0.39, 0.29) is 0 Å². The third-order valence-electron chi connectivity index (χ3n) is 1.03. The molecule has 1 rings (SSSR count). The predicted octanol–water partition coefficient (Wildman–Crippen LogP) is 0.621. The van der Waals surface area contributed by atoms with E-state index in [0.29, 0.717) is 5.69 Å². The number of rotatable bonds is 2. The van der Waals surface area contributed by atoms with Crippen LogP contribution in [0.4, 0.5) is 5.69 Å². The zero-order valence-corrected chi connectivity index (χ0v) is 7.91. The Kier molecular flexibility index (Phi) is 2.81. The molecule has 0 unspecified atom stereocenters. The fraction of sp³-hybridized carbons (Fsp3) is 0. The summed E-state index contributed by atoms with van der Waals surface area (Å²) in [4.78, 5) is 0. The molecule has 5 nitrogen and oxygen atoms in total. The predicted molar refractivity (Wildman–Crippen MR) is 41.8 cm³/mol. The molecular weight excluding hydrogens is 223 g/mol. The summed E-state index contributed by atoms with van der Waals surface area (Å²) in [5, 5.41) is 3.37. The summed E-state index contributed by atoms with van der Waals surface area (Å²) in [6, 6.07) is 8.41. The summed E-state index contributed by atoms with van der Waals surface area (Å²) in [6.45, 7) is 0. The van der Waals surface area contributed by atoms with Gasteiger partial charge in [-0.2, -0.15) is 0 Å². The third kappa shape index (κ3) is 3.48. The fourth-order valence-corrected chi connectivity index (χ4v) is 1.07. The van der Waals surface area contributed by atoms with E-state index in [0.717, 1.165) is 0 Å². The second-order valence-electron chi connectivity index (χ2n) is 2.04. The molecule has 0 aliphatic heterocycles. The first kappa shape index (κ1) is 9.19. The van der Waals surface area contributed by atoms with Crippen molar-refractivity contribution in [1.29, 1.82) is 0 Å². The van der Waals surface area contributed by atoms with Gasteiger partial charge in [0.2, 0.25) is 0 Å². The van der Waals surface area contributed by atoms with Crippen LogP contribution in [0.5, 0.6) is 0 Å². The summed E-state index contributed by atoms with van der Waals surface area (Å²) in [6.07, 6.45) is 0. The molecule has 0 amide bonds. The topological polar surface area (TPSA) is 82.2 Å². The van der Waals surface area contributed by atoms with Crippen LogP contribution in [0.1, 0.15) is 0 Å². The molecule has 64 valence electrons. The monoisotopic (exact) mass is 230 g/mol. The van der Waals surface area contributed by atoms with Gasteiger partial charge in [-0.05, 0) is 0 Å². The van der Waals surface area contributed by atoms with E-state index in [1.807, 2.05) is 0 Å². The Hall–Kier alpha value is -0.902. The van der Waals surface area contributed by atoms with Crippen LogP contribution in [0.3, 0.4) is 0 Å². The van der Waals surface area contributed by atoms with E-state index < -0.39 is 14.4 Å². The van der Waals surface area contributed by atoms with E-state index in [4.69, 9.17) is 8.19 Å². The molecule has 0 saturated heterocycles. The Bertz CT molecular complexity index is 319. The second-order valence-corrected chi connectivity index (χ2v) is 4.57. The van der Waals surface area contributed by atoms with Gasteiger partial charge in [0.15, 0.2) is 0 Å². The van der Waals surface area contributed by atoms with E-state index in [9.17, 15) is 3.74 Å². The molecule has 0 saturated carbocycles. The zero-order chi connectivity index (χ0) is 9.03.